The van der Waals surface area contributed by atoms with E-state index >= 15 is 0 Å². The van der Waals surface area contributed by atoms with E-state index in [1.54, 1.807) is 19.1 Å². The van der Waals surface area contributed by atoms with Crippen molar-refractivity contribution >= 4 is 11.9 Å². The number of rotatable bonds is 4. The first-order chi connectivity index (χ1) is 8.56. The number of ether oxygens (including phenoxy) is 1. The molecule has 4 nitrogen and oxygen atoms in total. The van der Waals surface area contributed by atoms with Crippen LogP contribution in [0.1, 0.15) is 29.8 Å². The van der Waals surface area contributed by atoms with Gasteiger partial charge in [0.25, 0.3) is 5.91 Å². The van der Waals surface area contributed by atoms with Crippen LogP contribution in [0.25, 0.3) is 0 Å². The highest BCUT2D eigenvalue weighted by atomic mass is 16.5. The summed E-state index contributed by atoms with van der Waals surface area (Å²) in [5, 5.41) is 2.62. The first kappa shape index (κ1) is 14.0. The van der Waals surface area contributed by atoms with Gasteiger partial charge in [-0.1, -0.05) is 19.1 Å². The number of benzene rings is 1. The molecule has 0 aromatic heterocycles. The minimum absolute atomic E-state index is 0.240. The van der Waals surface area contributed by atoms with Gasteiger partial charge < -0.3 is 10.1 Å². The fourth-order valence-corrected chi connectivity index (χ4v) is 1.41. The Balaban J connectivity index is 2.70. The van der Waals surface area contributed by atoms with Gasteiger partial charge in [-0.3, -0.25) is 4.79 Å². The smallest absolute Gasteiger partial charge is 0.332 e. The summed E-state index contributed by atoms with van der Waals surface area (Å²) in [4.78, 5) is 22.8. The van der Waals surface area contributed by atoms with E-state index in [4.69, 9.17) is 0 Å². The lowest BCUT2D eigenvalue weighted by atomic mass is 10.1. The molecular weight excluding hydrogens is 230 g/mol. The predicted octanol–water partition coefficient (Wildman–Crippen LogP) is 2.06. The van der Waals surface area contributed by atoms with Crippen LogP contribution in [0.5, 0.6) is 0 Å². The van der Waals surface area contributed by atoms with Gasteiger partial charge in [0.2, 0.25) is 0 Å². The molecule has 18 heavy (non-hydrogen) atoms. The maximum absolute atomic E-state index is 11.8. The standard InChI is InChI=1S/C14H17NO3/c1-4-11-5-7-12(8-6-11)14(17)15-10(2)9-13(16)18-3/h5-9H,4H2,1-3H3,(H,15,17)/b10-9-. The maximum Gasteiger partial charge on any atom is 0.332 e. The van der Waals surface area contributed by atoms with Crippen molar-refractivity contribution in [1.82, 2.24) is 5.32 Å². The molecule has 0 saturated heterocycles. The van der Waals surface area contributed by atoms with Crippen LogP contribution >= 0.6 is 0 Å². The van der Waals surface area contributed by atoms with Crippen LogP contribution in [0.2, 0.25) is 0 Å². The summed E-state index contributed by atoms with van der Waals surface area (Å²) in [5.74, 6) is -0.732. The largest absolute Gasteiger partial charge is 0.466 e. The zero-order valence-corrected chi connectivity index (χ0v) is 10.8. The number of carbonyl (C=O) groups excluding carboxylic acids is 2. The quantitative estimate of drug-likeness (QED) is 0.654. The highest BCUT2D eigenvalue weighted by Gasteiger charge is 2.06. The van der Waals surface area contributed by atoms with Crippen molar-refractivity contribution in [2.75, 3.05) is 7.11 Å². The number of aryl methyl sites for hydroxylation is 1. The highest BCUT2D eigenvalue weighted by Crippen LogP contribution is 2.05. The molecule has 0 heterocycles. The molecule has 0 aliphatic rings. The van der Waals surface area contributed by atoms with Gasteiger partial charge in [0.05, 0.1) is 7.11 Å². The third-order valence-corrected chi connectivity index (χ3v) is 2.47. The van der Waals surface area contributed by atoms with Gasteiger partial charge in [-0.15, -0.1) is 0 Å². The third kappa shape index (κ3) is 4.05. The van der Waals surface area contributed by atoms with Crippen LogP contribution in [-0.2, 0) is 16.0 Å². The number of allylic oxidation sites excluding steroid dienone is 1. The second kappa shape index (κ2) is 6.59. The number of hydrogen-bond donors (Lipinski definition) is 1. The van der Waals surface area contributed by atoms with Gasteiger partial charge in [0.15, 0.2) is 0 Å². The Morgan fingerprint density at radius 3 is 2.39 bits per heavy atom. The van der Waals surface area contributed by atoms with Crippen molar-refractivity contribution in [2.24, 2.45) is 0 Å². The summed E-state index contributed by atoms with van der Waals surface area (Å²) in [6.07, 6.45) is 2.17. The molecule has 1 aromatic carbocycles. The molecule has 0 aliphatic carbocycles. The van der Waals surface area contributed by atoms with Gasteiger partial charge >= 0.3 is 5.97 Å². The maximum atomic E-state index is 11.8. The zero-order chi connectivity index (χ0) is 13.5. The topological polar surface area (TPSA) is 55.4 Å². The Morgan fingerprint density at radius 1 is 1.28 bits per heavy atom. The van der Waals surface area contributed by atoms with Gasteiger partial charge in [-0.2, -0.15) is 0 Å². The van der Waals surface area contributed by atoms with Crippen molar-refractivity contribution in [2.45, 2.75) is 20.3 Å². The average Bonchev–Trinajstić information content (AvgIpc) is 2.38. The van der Waals surface area contributed by atoms with Crippen molar-refractivity contribution < 1.29 is 14.3 Å². The van der Waals surface area contributed by atoms with Crippen molar-refractivity contribution in [3.63, 3.8) is 0 Å². The fraction of sp³-hybridized carbons (Fsp3) is 0.286. The molecule has 0 radical (unpaired) electrons. The van der Waals surface area contributed by atoms with Crippen molar-refractivity contribution in [1.29, 1.82) is 0 Å². The molecule has 0 bridgehead atoms. The first-order valence-corrected chi connectivity index (χ1v) is 5.73. The molecule has 0 aliphatic heterocycles. The second-order valence-electron chi connectivity index (χ2n) is 3.86. The van der Waals surface area contributed by atoms with Crippen LogP contribution in [0.4, 0.5) is 0 Å². The molecule has 0 unspecified atom stereocenters. The van der Waals surface area contributed by atoms with Crippen LogP contribution in [0.15, 0.2) is 36.0 Å². The number of esters is 1. The molecular formula is C14H17NO3. The molecule has 0 saturated carbocycles. The Bertz CT molecular complexity index is 460. The normalized spacial score (nSPS) is 10.9. The molecule has 1 N–H and O–H groups in total. The molecule has 0 atom stereocenters. The van der Waals surface area contributed by atoms with Gasteiger partial charge in [-0.05, 0) is 31.0 Å². The molecule has 96 valence electrons. The second-order valence-corrected chi connectivity index (χ2v) is 3.86. The lowest BCUT2D eigenvalue weighted by Gasteiger charge is -2.05. The van der Waals surface area contributed by atoms with Gasteiger partial charge in [0.1, 0.15) is 0 Å². The van der Waals surface area contributed by atoms with Crippen LogP contribution < -0.4 is 5.32 Å². The predicted molar refractivity (Wildman–Crippen MR) is 69.1 cm³/mol. The summed E-state index contributed by atoms with van der Waals surface area (Å²) in [7, 11) is 1.29. The van der Waals surface area contributed by atoms with Crippen LogP contribution in [-0.4, -0.2) is 19.0 Å². The molecule has 1 aromatic rings. The molecule has 1 amide bonds. The van der Waals surface area contributed by atoms with Crippen LogP contribution in [0.3, 0.4) is 0 Å². The third-order valence-electron chi connectivity index (χ3n) is 2.47. The molecule has 0 fully saturated rings. The van der Waals surface area contributed by atoms with Crippen LogP contribution in [0, 0.1) is 0 Å². The van der Waals surface area contributed by atoms with E-state index < -0.39 is 5.97 Å². The molecule has 1 rings (SSSR count). The Kier molecular flexibility index (Phi) is 5.11. The van der Waals surface area contributed by atoms with E-state index in [1.807, 2.05) is 12.1 Å². The first-order valence-electron chi connectivity index (χ1n) is 5.73. The van der Waals surface area contributed by atoms with Gasteiger partial charge in [0, 0.05) is 17.3 Å². The number of amides is 1. The summed E-state index contributed by atoms with van der Waals surface area (Å²) in [5.41, 5.74) is 2.18. The number of methoxy groups -OCH3 is 1. The Morgan fingerprint density at radius 2 is 1.89 bits per heavy atom. The molecule has 4 heteroatoms. The SMILES string of the molecule is CCc1ccc(C(=O)N/C(C)=C\C(=O)OC)cc1. The summed E-state index contributed by atoms with van der Waals surface area (Å²) in [6, 6.07) is 7.35. The lowest BCUT2D eigenvalue weighted by Crippen LogP contribution is -2.22. The van der Waals surface area contributed by atoms with Crippen molar-refractivity contribution in [3.05, 3.63) is 47.2 Å². The van der Waals surface area contributed by atoms with E-state index in [0.29, 0.717) is 11.3 Å². The number of carbonyl (C=O) groups is 2. The summed E-state index contributed by atoms with van der Waals surface area (Å²) in [6.45, 7) is 3.69. The van der Waals surface area contributed by atoms with E-state index in [-0.39, 0.29) is 5.91 Å². The van der Waals surface area contributed by atoms with Crippen molar-refractivity contribution in [3.8, 4) is 0 Å². The Labute approximate surface area is 107 Å². The minimum atomic E-state index is -0.492. The minimum Gasteiger partial charge on any atom is -0.466 e. The Hall–Kier alpha value is -2.10. The lowest BCUT2D eigenvalue weighted by molar-refractivity contribution is -0.134. The van der Waals surface area contributed by atoms with E-state index in [9.17, 15) is 9.59 Å². The monoisotopic (exact) mass is 247 g/mol. The summed E-state index contributed by atoms with van der Waals surface area (Å²) >= 11 is 0. The zero-order valence-electron chi connectivity index (χ0n) is 10.8. The van der Waals surface area contributed by atoms with E-state index in [1.165, 1.54) is 18.7 Å². The highest BCUT2D eigenvalue weighted by molar-refractivity contribution is 5.96. The summed E-state index contributed by atoms with van der Waals surface area (Å²) < 4.78 is 4.47. The van der Waals surface area contributed by atoms with E-state index in [0.717, 1.165) is 6.42 Å². The number of nitrogens with one attached hydrogen (secondary N) is 1. The van der Waals surface area contributed by atoms with Gasteiger partial charge in [-0.25, -0.2) is 4.79 Å². The average molecular weight is 247 g/mol. The van der Waals surface area contributed by atoms with E-state index in [2.05, 4.69) is 17.0 Å². The molecule has 0 spiro atoms. The number of hydrogen-bond acceptors (Lipinski definition) is 3. The fourth-order valence-electron chi connectivity index (χ4n) is 1.41.